The largest absolute Gasteiger partial charge is 0.508 e. The molecule has 4 nitrogen and oxygen atoms in total. The molecule has 1 aromatic heterocycles. The normalized spacial score (nSPS) is 10.7. The Kier molecular flexibility index (Phi) is 2.49. The molecule has 0 atom stereocenters. The highest BCUT2D eigenvalue weighted by molar-refractivity contribution is 5.82. The van der Waals surface area contributed by atoms with Crippen LogP contribution in [0.25, 0.3) is 22.1 Å². The van der Waals surface area contributed by atoms with E-state index in [2.05, 4.69) is 0 Å². The lowest BCUT2D eigenvalue weighted by Crippen LogP contribution is -2.04. The van der Waals surface area contributed by atoms with Gasteiger partial charge in [-0.3, -0.25) is 4.79 Å². The molecule has 3 rings (SSSR count). The van der Waals surface area contributed by atoms with E-state index in [9.17, 15) is 15.0 Å². The first-order chi connectivity index (χ1) is 9.15. The van der Waals surface area contributed by atoms with Crippen LogP contribution >= 0.6 is 0 Å². The van der Waals surface area contributed by atoms with Gasteiger partial charge in [-0.2, -0.15) is 0 Å². The highest BCUT2D eigenvalue weighted by atomic mass is 16.3. The van der Waals surface area contributed by atoms with Gasteiger partial charge in [0.1, 0.15) is 23.3 Å². The van der Waals surface area contributed by atoms with E-state index in [1.165, 1.54) is 36.6 Å². The maximum absolute atomic E-state index is 12.3. The topological polar surface area (TPSA) is 70.7 Å². The van der Waals surface area contributed by atoms with E-state index in [4.69, 9.17) is 4.42 Å². The molecule has 0 saturated carbocycles. The smallest absolute Gasteiger partial charge is 0.200 e. The number of benzene rings is 2. The minimum absolute atomic E-state index is 0.0491. The van der Waals surface area contributed by atoms with Gasteiger partial charge in [-0.25, -0.2) is 0 Å². The molecule has 0 radical (unpaired) electrons. The third-order valence-corrected chi connectivity index (χ3v) is 2.94. The van der Waals surface area contributed by atoms with Crippen molar-refractivity contribution in [2.75, 3.05) is 0 Å². The van der Waals surface area contributed by atoms with Crippen molar-refractivity contribution in [2.45, 2.75) is 0 Å². The molecule has 0 aliphatic heterocycles. The van der Waals surface area contributed by atoms with E-state index in [-0.39, 0.29) is 16.9 Å². The van der Waals surface area contributed by atoms with Crippen molar-refractivity contribution in [1.82, 2.24) is 0 Å². The van der Waals surface area contributed by atoms with E-state index in [0.29, 0.717) is 22.1 Å². The minimum atomic E-state index is -0.174. The molecule has 0 amide bonds. The van der Waals surface area contributed by atoms with Crippen LogP contribution in [0.1, 0.15) is 0 Å². The molecule has 0 unspecified atom stereocenters. The number of aromatic hydroxyl groups is 2. The first-order valence-corrected chi connectivity index (χ1v) is 5.69. The molecule has 0 bridgehead atoms. The summed E-state index contributed by atoms with van der Waals surface area (Å²) in [5.41, 5.74) is 1.25. The quantitative estimate of drug-likeness (QED) is 0.703. The van der Waals surface area contributed by atoms with Gasteiger partial charge in [0.15, 0.2) is 5.43 Å². The van der Waals surface area contributed by atoms with Gasteiger partial charge >= 0.3 is 0 Å². The molecule has 3 aromatic rings. The number of fused-ring (bicyclic) bond motifs is 1. The maximum Gasteiger partial charge on any atom is 0.200 e. The summed E-state index contributed by atoms with van der Waals surface area (Å²) in [5, 5.41) is 19.0. The highest BCUT2D eigenvalue weighted by Gasteiger charge is 2.09. The fraction of sp³-hybridized carbons (Fsp3) is 0. The Morgan fingerprint density at radius 1 is 0.895 bits per heavy atom. The first-order valence-electron chi connectivity index (χ1n) is 5.69. The van der Waals surface area contributed by atoms with E-state index in [1.54, 1.807) is 12.1 Å². The van der Waals surface area contributed by atoms with Gasteiger partial charge in [-0.15, -0.1) is 0 Å². The van der Waals surface area contributed by atoms with Gasteiger partial charge in [-0.05, 0) is 29.8 Å². The van der Waals surface area contributed by atoms with Crippen LogP contribution in [-0.2, 0) is 0 Å². The molecule has 1 heterocycles. The average molecular weight is 257 g/mol. The zero-order valence-corrected chi connectivity index (χ0v) is 9.83. The maximum atomic E-state index is 12.3. The molecule has 94 valence electrons. The Bertz CT molecular complexity index is 800. The zero-order valence-electron chi connectivity index (χ0n) is 9.83. The van der Waals surface area contributed by atoms with Crippen LogP contribution in [0, 0.1) is 0 Å². The van der Waals surface area contributed by atoms with Crippen molar-refractivity contribution < 1.29 is 14.6 Å². The summed E-state index contributed by atoms with van der Waals surface area (Å²) >= 11 is 0. The molecular formula is C15H10O4. The van der Waals surface area contributed by atoms with Crippen LogP contribution in [0.2, 0.25) is 0 Å². The van der Waals surface area contributed by atoms with Crippen molar-refractivity contribution in [3.63, 3.8) is 0 Å². The second kappa shape index (κ2) is 4.17. The van der Waals surface area contributed by atoms with Crippen LogP contribution in [0.4, 0.5) is 0 Å². The minimum Gasteiger partial charge on any atom is -0.508 e. The second-order valence-electron chi connectivity index (χ2n) is 4.21. The van der Waals surface area contributed by atoms with Crippen molar-refractivity contribution in [3.05, 3.63) is 59.0 Å². The van der Waals surface area contributed by atoms with Gasteiger partial charge in [0.05, 0.1) is 10.9 Å². The Morgan fingerprint density at radius 2 is 1.58 bits per heavy atom. The summed E-state index contributed by atoms with van der Waals surface area (Å²) in [6.45, 7) is 0. The Labute approximate surface area is 108 Å². The molecule has 2 N–H and O–H groups in total. The fourth-order valence-electron chi connectivity index (χ4n) is 1.96. The lowest BCUT2D eigenvalue weighted by molar-refractivity contribution is 0.473. The van der Waals surface area contributed by atoms with Gasteiger partial charge in [-0.1, -0.05) is 12.1 Å². The summed E-state index contributed by atoms with van der Waals surface area (Å²) in [6.07, 6.45) is 1.36. The van der Waals surface area contributed by atoms with Crippen LogP contribution in [-0.4, -0.2) is 10.2 Å². The summed E-state index contributed by atoms with van der Waals surface area (Å²) in [4.78, 5) is 12.3. The summed E-state index contributed by atoms with van der Waals surface area (Å²) in [6, 6.07) is 10.7. The highest BCUT2D eigenvalue weighted by Crippen LogP contribution is 2.23. The molecule has 0 aliphatic carbocycles. The van der Waals surface area contributed by atoms with Gasteiger partial charge in [0, 0.05) is 6.07 Å². The molecule has 2 aromatic carbocycles. The van der Waals surface area contributed by atoms with E-state index in [0.717, 1.165) is 0 Å². The van der Waals surface area contributed by atoms with Crippen LogP contribution in [0.5, 0.6) is 11.5 Å². The number of phenols is 2. The Morgan fingerprint density at radius 3 is 2.32 bits per heavy atom. The molecule has 19 heavy (non-hydrogen) atoms. The molecular weight excluding hydrogens is 247 g/mol. The summed E-state index contributed by atoms with van der Waals surface area (Å²) < 4.78 is 5.37. The van der Waals surface area contributed by atoms with Crippen molar-refractivity contribution in [3.8, 4) is 22.6 Å². The first kappa shape index (κ1) is 11.3. The lowest BCUT2D eigenvalue weighted by Gasteiger charge is -2.03. The number of phenolic OH excluding ortho intramolecular Hbond substituents is 2. The van der Waals surface area contributed by atoms with E-state index >= 15 is 0 Å². The summed E-state index contributed by atoms with van der Waals surface area (Å²) in [7, 11) is 0. The predicted molar refractivity (Wildman–Crippen MR) is 71.2 cm³/mol. The fourth-order valence-corrected chi connectivity index (χ4v) is 1.96. The number of rotatable bonds is 1. The average Bonchev–Trinajstić information content (AvgIpc) is 2.40. The monoisotopic (exact) mass is 257 g/mol. The van der Waals surface area contributed by atoms with Crippen LogP contribution in [0.3, 0.4) is 0 Å². The third kappa shape index (κ3) is 1.93. The van der Waals surface area contributed by atoms with Gasteiger partial charge in [0.2, 0.25) is 0 Å². The Balaban J connectivity index is 2.26. The van der Waals surface area contributed by atoms with Crippen molar-refractivity contribution in [2.24, 2.45) is 0 Å². The molecule has 0 spiro atoms. The van der Waals surface area contributed by atoms with Crippen LogP contribution < -0.4 is 5.43 Å². The molecule has 4 heteroatoms. The van der Waals surface area contributed by atoms with E-state index < -0.39 is 0 Å². The Hall–Kier alpha value is -2.75. The van der Waals surface area contributed by atoms with Crippen molar-refractivity contribution >= 4 is 11.0 Å². The van der Waals surface area contributed by atoms with Gasteiger partial charge in [0.25, 0.3) is 0 Å². The number of hydrogen-bond acceptors (Lipinski definition) is 4. The second-order valence-corrected chi connectivity index (χ2v) is 4.21. The van der Waals surface area contributed by atoms with E-state index in [1.807, 2.05) is 0 Å². The molecule has 0 aliphatic rings. The van der Waals surface area contributed by atoms with Crippen molar-refractivity contribution in [1.29, 1.82) is 0 Å². The van der Waals surface area contributed by atoms with Gasteiger partial charge < -0.3 is 14.6 Å². The lowest BCUT2D eigenvalue weighted by atomic mass is 10.2. The summed E-state index contributed by atoms with van der Waals surface area (Å²) in [5.74, 6) is 0.187. The standard InChI is InChI=1S/C15H10O4/c16-10-3-1-9(2-4-10)13-8-19-14-7-11(17)5-6-12(14)15(13)18/h1-8,16-17H/i7+1,13+1,15+1. The molecule has 0 fully saturated rings. The SMILES string of the molecule is O=[13c]1c2ccc(O)[13cH]c2oc[13c]1-c1ccc(O)cc1. The zero-order chi connectivity index (χ0) is 13.4. The van der Waals surface area contributed by atoms with Crippen LogP contribution in [0.15, 0.2) is 57.9 Å². The third-order valence-electron chi connectivity index (χ3n) is 2.94. The molecule has 0 saturated heterocycles. The predicted octanol–water partition coefficient (Wildman–Crippen LogP) is 2.87. The number of hydrogen-bond donors (Lipinski definition) is 2.